The fraction of sp³-hybridized carbons (Fsp3) is 0.684. The maximum absolute atomic E-state index is 13.5. The van der Waals surface area contributed by atoms with Crippen LogP contribution in [0.5, 0.6) is 0 Å². The molecule has 21 heavy (non-hydrogen) atoms. The van der Waals surface area contributed by atoms with Crippen LogP contribution in [-0.4, -0.2) is 12.6 Å². The van der Waals surface area contributed by atoms with E-state index in [2.05, 4.69) is 26.1 Å². The average molecular weight is 291 g/mol. The molecular formula is C19H30FN. The molecule has 118 valence electrons. The third kappa shape index (κ3) is 4.54. The fourth-order valence-corrected chi connectivity index (χ4v) is 3.70. The molecule has 1 aliphatic rings. The maximum Gasteiger partial charge on any atom is 0.123 e. The number of rotatable bonds is 6. The van der Waals surface area contributed by atoms with Gasteiger partial charge in [-0.2, -0.15) is 0 Å². The largest absolute Gasteiger partial charge is 0.314 e. The van der Waals surface area contributed by atoms with Crippen molar-refractivity contribution < 1.29 is 4.39 Å². The molecule has 1 fully saturated rings. The number of hydrogen-bond donors (Lipinski definition) is 1. The molecule has 2 rings (SSSR count). The first-order chi connectivity index (χ1) is 10.1. The molecule has 0 amide bonds. The zero-order valence-corrected chi connectivity index (χ0v) is 13.8. The number of aryl methyl sites for hydroxylation is 1. The highest BCUT2D eigenvalue weighted by atomic mass is 19.1. The zero-order chi connectivity index (χ0) is 15.2. The normalized spacial score (nSPS) is 26.0. The highest BCUT2D eigenvalue weighted by Gasteiger charge is 2.29. The highest BCUT2D eigenvalue weighted by molar-refractivity contribution is 5.27. The Morgan fingerprint density at radius 2 is 2.05 bits per heavy atom. The van der Waals surface area contributed by atoms with Crippen molar-refractivity contribution >= 4 is 0 Å². The van der Waals surface area contributed by atoms with Gasteiger partial charge >= 0.3 is 0 Å². The van der Waals surface area contributed by atoms with Crippen molar-refractivity contribution in [3.05, 3.63) is 35.1 Å². The van der Waals surface area contributed by atoms with Gasteiger partial charge in [0, 0.05) is 6.04 Å². The lowest BCUT2D eigenvalue weighted by atomic mass is 9.74. The van der Waals surface area contributed by atoms with Gasteiger partial charge < -0.3 is 5.32 Å². The van der Waals surface area contributed by atoms with Gasteiger partial charge in [0.1, 0.15) is 5.82 Å². The SMILES string of the molecule is CCCNC1CCC(CC)CC1Cc1cc(F)ccc1C. The van der Waals surface area contributed by atoms with Crippen LogP contribution in [0.2, 0.25) is 0 Å². The molecule has 0 radical (unpaired) electrons. The lowest BCUT2D eigenvalue weighted by Gasteiger charge is -2.37. The minimum atomic E-state index is -0.100. The summed E-state index contributed by atoms with van der Waals surface area (Å²) >= 11 is 0. The Morgan fingerprint density at radius 1 is 1.24 bits per heavy atom. The Bertz CT molecular complexity index is 443. The van der Waals surface area contributed by atoms with Crippen molar-refractivity contribution in [3.63, 3.8) is 0 Å². The number of benzene rings is 1. The molecule has 0 spiro atoms. The molecule has 3 atom stereocenters. The van der Waals surface area contributed by atoms with Crippen LogP contribution in [-0.2, 0) is 6.42 Å². The Balaban J connectivity index is 2.09. The molecule has 1 aliphatic carbocycles. The first-order valence-corrected chi connectivity index (χ1v) is 8.62. The first-order valence-electron chi connectivity index (χ1n) is 8.62. The van der Waals surface area contributed by atoms with Gasteiger partial charge in [0.05, 0.1) is 0 Å². The van der Waals surface area contributed by atoms with Crippen molar-refractivity contribution in [2.24, 2.45) is 11.8 Å². The summed E-state index contributed by atoms with van der Waals surface area (Å²) in [6.07, 6.45) is 7.38. The van der Waals surface area contributed by atoms with Crippen LogP contribution in [0.25, 0.3) is 0 Å². The van der Waals surface area contributed by atoms with Crippen LogP contribution in [0.3, 0.4) is 0 Å². The van der Waals surface area contributed by atoms with Gasteiger partial charge in [-0.05, 0) is 80.7 Å². The molecule has 1 nitrogen and oxygen atoms in total. The van der Waals surface area contributed by atoms with E-state index in [-0.39, 0.29) is 5.82 Å². The van der Waals surface area contributed by atoms with Gasteiger partial charge in [-0.15, -0.1) is 0 Å². The van der Waals surface area contributed by atoms with Crippen LogP contribution in [0.4, 0.5) is 4.39 Å². The molecule has 1 N–H and O–H groups in total. The van der Waals surface area contributed by atoms with Gasteiger partial charge in [0.25, 0.3) is 0 Å². The topological polar surface area (TPSA) is 12.0 Å². The van der Waals surface area contributed by atoms with E-state index in [1.54, 1.807) is 12.1 Å². The quantitative estimate of drug-likeness (QED) is 0.788. The van der Waals surface area contributed by atoms with Crippen LogP contribution in [0.15, 0.2) is 18.2 Å². The Kier molecular flexibility index (Phi) is 6.22. The molecule has 0 saturated heterocycles. The molecular weight excluding hydrogens is 261 g/mol. The first kappa shape index (κ1) is 16.5. The lowest BCUT2D eigenvalue weighted by molar-refractivity contribution is 0.198. The van der Waals surface area contributed by atoms with Crippen LogP contribution < -0.4 is 5.32 Å². The Labute approximate surface area is 129 Å². The summed E-state index contributed by atoms with van der Waals surface area (Å²) < 4.78 is 13.5. The van der Waals surface area contributed by atoms with Gasteiger partial charge in [-0.25, -0.2) is 4.39 Å². The second-order valence-electron chi connectivity index (χ2n) is 6.68. The zero-order valence-electron chi connectivity index (χ0n) is 13.8. The summed E-state index contributed by atoms with van der Waals surface area (Å²) in [6, 6.07) is 5.83. The molecule has 0 aliphatic heterocycles. The van der Waals surface area contributed by atoms with E-state index in [4.69, 9.17) is 0 Å². The third-order valence-corrected chi connectivity index (χ3v) is 5.12. The van der Waals surface area contributed by atoms with E-state index < -0.39 is 0 Å². The number of halogens is 1. The van der Waals surface area contributed by atoms with Gasteiger partial charge in [0.2, 0.25) is 0 Å². The Morgan fingerprint density at radius 3 is 2.76 bits per heavy atom. The molecule has 2 heteroatoms. The van der Waals surface area contributed by atoms with Crippen LogP contribution >= 0.6 is 0 Å². The summed E-state index contributed by atoms with van der Waals surface area (Å²) in [5.74, 6) is 1.40. The summed E-state index contributed by atoms with van der Waals surface area (Å²) in [5.41, 5.74) is 2.42. The minimum Gasteiger partial charge on any atom is -0.314 e. The highest BCUT2D eigenvalue weighted by Crippen LogP contribution is 2.34. The van der Waals surface area contributed by atoms with E-state index >= 15 is 0 Å². The molecule has 0 heterocycles. The molecule has 3 unspecified atom stereocenters. The second-order valence-corrected chi connectivity index (χ2v) is 6.68. The molecule has 0 aromatic heterocycles. The van der Waals surface area contributed by atoms with Gasteiger partial charge in [-0.1, -0.05) is 26.3 Å². The number of hydrogen-bond acceptors (Lipinski definition) is 1. The van der Waals surface area contributed by atoms with Gasteiger partial charge in [-0.3, -0.25) is 0 Å². The third-order valence-electron chi connectivity index (χ3n) is 5.12. The monoisotopic (exact) mass is 291 g/mol. The fourth-order valence-electron chi connectivity index (χ4n) is 3.70. The van der Waals surface area contributed by atoms with Crippen molar-refractivity contribution in [1.82, 2.24) is 5.32 Å². The van der Waals surface area contributed by atoms with E-state index in [1.807, 2.05) is 6.07 Å². The van der Waals surface area contributed by atoms with Gasteiger partial charge in [0.15, 0.2) is 0 Å². The predicted octanol–water partition coefficient (Wildman–Crippen LogP) is 4.87. The summed E-state index contributed by atoms with van der Waals surface area (Å²) in [5, 5.41) is 3.73. The lowest BCUT2D eigenvalue weighted by Crippen LogP contribution is -2.42. The van der Waals surface area contributed by atoms with Crippen molar-refractivity contribution in [1.29, 1.82) is 0 Å². The van der Waals surface area contributed by atoms with E-state index in [0.717, 1.165) is 18.9 Å². The van der Waals surface area contributed by atoms with Crippen LogP contribution in [0, 0.1) is 24.6 Å². The van der Waals surface area contributed by atoms with Crippen molar-refractivity contribution in [2.45, 2.75) is 65.3 Å². The molecule has 0 bridgehead atoms. The molecule has 1 aromatic rings. The molecule has 1 saturated carbocycles. The predicted molar refractivity (Wildman–Crippen MR) is 88.0 cm³/mol. The van der Waals surface area contributed by atoms with Crippen molar-refractivity contribution in [2.75, 3.05) is 6.54 Å². The van der Waals surface area contributed by atoms with E-state index in [1.165, 1.54) is 43.2 Å². The smallest absolute Gasteiger partial charge is 0.123 e. The average Bonchev–Trinajstić information content (AvgIpc) is 2.49. The summed E-state index contributed by atoms with van der Waals surface area (Å²) in [7, 11) is 0. The minimum absolute atomic E-state index is 0.100. The molecule has 1 aromatic carbocycles. The van der Waals surface area contributed by atoms with Crippen molar-refractivity contribution in [3.8, 4) is 0 Å². The number of nitrogens with one attached hydrogen (secondary N) is 1. The van der Waals surface area contributed by atoms with E-state index in [0.29, 0.717) is 12.0 Å². The summed E-state index contributed by atoms with van der Waals surface area (Å²) in [6.45, 7) is 7.72. The Hall–Kier alpha value is -0.890. The van der Waals surface area contributed by atoms with Crippen LogP contribution in [0.1, 0.15) is 57.1 Å². The standard InChI is InChI=1S/C19H30FN/c1-4-10-21-19-9-7-15(5-2)11-17(19)12-16-13-18(20)8-6-14(16)3/h6,8,13,15,17,19,21H,4-5,7,9-12H2,1-3H3. The second kappa shape index (κ2) is 7.93. The van der Waals surface area contributed by atoms with E-state index in [9.17, 15) is 4.39 Å². The summed E-state index contributed by atoms with van der Waals surface area (Å²) in [4.78, 5) is 0. The maximum atomic E-state index is 13.5.